The minimum absolute atomic E-state index is 0.0229. The number of carbonyl (C=O) groups is 1. The number of phenols is 1. The summed E-state index contributed by atoms with van der Waals surface area (Å²) in [6, 6.07) is 21.1. The van der Waals surface area contributed by atoms with Crippen LogP contribution in [-0.4, -0.2) is 24.4 Å². The van der Waals surface area contributed by atoms with Crippen LogP contribution in [0.5, 0.6) is 17.2 Å². The second-order valence-electron chi connectivity index (χ2n) is 5.40. The van der Waals surface area contributed by atoms with Gasteiger partial charge in [0.2, 0.25) is 0 Å². The Balaban J connectivity index is 1.81. The van der Waals surface area contributed by atoms with E-state index >= 15 is 0 Å². The quantitative estimate of drug-likeness (QED) is 0.535. The predicted molar refractivity (Wildman–Crippen MR) is 99.7 cm³/mol. The van der Waals surface area contributed by atoms with Gasteiger partial charge in [0, 0.05) is 17.8 Å². The molecule has 0 atom stereocenters. The van der Waals surface area contributed by atoms with Crippen molar-refractivity contribution in [3.8, 4) is 17.2 Å². The van der Waals surface area contributed by atoms with Crippen molar-refractivity contribution < 1.29 is 19.4 Å². The molecule has 0 spiro atoms. The van der Waals surface area contributed by atoms with Crippen LogP contribution in [0.25, 0.3) is 0 Å². The molecule has 0 aliphatic rings. The molecule has 0 saturated heterocycles. The van der Waals surface area contributed by atoms with E-state index in [1.54, 1.807) is 36.4 Å². The molecule has 130 valence electrons. The largest absolute Gasteiger partial charge is 0.506 e. The Morgan fingerprint density at radius 3 is 2.42 bits per heavy atom. The molecule has 5 nitrogen and oxygen atoms in total. The number of benzene rings is 3. The van der Waals surface area contributed by atoms with Gasteiger partial charge in [0.1, 0.15) is 22.9 Å². The Morgan fingerprint density at radius 1 is 0.962 bits per heavy atom. The van der Waals surface area contributed by atoms with E-state index in [0.29, 0.717) is 28.3 Å². The van der Waals surface area contributed by atoms with Gasteiger partial charge in [-0.2, -0.15) is 0 Å². The number of aromatic hydroxyl groups is 1. The number of rotatable bonds is 5. The van der Waals surface area contributed by atoms with Gasteiger partial charge in [0.15, 0.2) is 0 Å². The van der Waals surface area contributed by atoms with Crippen molar-refractivity contribution in [2.75, 3.05) is 7.11 Å². The molecule has 0 amide bonds. The lowest BCUT2D eigenvalue weighted by molar-refractivity contribution is 0.0600. The topological polar surface area (TPSA) is 68.1 Å². The normalized spacial score (nSPS) is 10.7. The summed E-state index contributed by atoms with van der Waals surface area (Å²) >= 11 is 0. The van der Waals surface area contributed by atoms with Gasteiger partial charge in [-0.3, -0.25) is 4.99 Å². The molecule has 0 aliphatic heterocycles. The number of aliphatic imine (C=N–C) groups is 1. The van der Waals surface area contributed by atoms with Crippen LogP contribution in [0.15, 0.2) is 77.8 Å². The lowest BCUT2D eigenvalue weighted by Crippen LogP contribution is -2.04. The number of hydrogen-bond donors (Lipinski definition) is 1. The number of phenolic OH excluding ortho intramolecular Hbond substituents is 1. The highest BCUT2D eigenvalue weighted by Crippen LogP contribution is 2.32. The second kappa shape index (κ2) is 7.98. The zero-order valence-electron chi connectivity index (χ0n) is 14.1. The average molecular weight is 347 g/mol. The van der Waals surface area contributed by atoms with E-state index in [-0.39, 0.29) is 5.75 Å². The standard InChI is InChI=1S/C21H17NO4/c1-25-21(24)18-10-6-5-7-15(18)14-22-19-12-11-17(13-20(19)23)26-16-8-3-2-4-9-16/h2-14,23H,1H3. The number of hydrogen-bond acceptors (Lipinski definition) is 5. The van der Waals surface area contributed by atoms with Crippen molar-refractivity contribution in [3.63, 3.8) is 0 Å². The van der Waals surface area contributed by atoms with E-state index in [4.69, 9.17) is 9.47 Å². The Bertz CT molecular complexity index is 936. The molecule has 3 aromatic rings. The summed E-state index contributed by atoms with van der Waals surface area (Å²) in [5, 5.41) is 10.2. The third-order valence-electron chi connectivity index (χ3n) is 3.63. The van der Waals surface area contributed by atoms with Gasteiger partial charge >= 0.3 is 5.97 Å². The molecule has 0 radical (unpaired) electrons. The van der Waals surface area contributed by atoms with E-state index in [9.17, 15) is 9.90 Å². The summed E-state index contributed by atoms with van der Waals surface area (Å²) in [6.07, 6.45) is 1.51. The van der Waals surface area contributed by atoms with E-state index < -0.39 is 5.97 Å². The Morgan fingerprint density at radius 2 is 1.69 bits per heavy atom. The number of esters is 1. The first-order chi connectivity index (χ1) is 12.7. The lowest BCUT2D eigenvalue weighted by atomic mass is 10.1. The molecule has 0 unspecified atom stereocenters. The molecule has 26 heavy (non-hydrogen) atoms. The van der Waals surface area contributed by atoms with E-state index in [2.05, 4.69) is 4.99 Å². The Hall–Kier alpha value is -3.60. The molecular weight excluding hydrogens is 330 g/mol. The third-order valence-corrected chi connectivity index (χ3v) is 3.63. The third kappa shape index (κ3) is 4.08. The number of carbonyl (C=O) groups excluding carboxylic acids is 1. The second-order valence-corrected chi connectivity index (χ2v) is 5.40. The number of para-hydroxylation sites is 1. The van der Waals surface area contributed by atoms with Crippen LogP contribution in [0.4, 0.5) is 5.69 Å². The summed E-state index contributed by atoms with van der Waals surface area (Å²) in [5.74, 6) is 0.714. The van der Waals surface area contributed by atoms with Crippen molar-refractivity contribution >= 4 is 17.9 Å². The molecule has 0 saturated carbocycles. The highest BCUT2D eigenvalue weighted by molar-refractivity contribution is 5.99. The van der Waals surface area contributed by atoms with Crippen molar-refractivity contribution in [3.05, 3.63) is 83.9 Å². The molecule has 0 aliphatic carbocycles. The molecule has 5 heteroatoms. The summed E-state index contributed by atoms with van der Waals surface area (Å²) in [4.78, 5) is 16.0. The molecule has 0 heterocycles. The van der Waals surface area contributed by atoms with Crippen LogP contribution in [0, 0.1) is 0 Å². The maximum absolute atomic E-state index is 11.8. The van der Waals surface area contributed by atoms with E-state index in [1.165, 1.54) is 19.4 Å². The van der Waals surface area contributed by atoms with Gasteiger partial charge in [-0.1, -0.05) is 36.4 Å². The van der Waals surface area contributed by atoms with Gasteiger partial charge < -0.3 is 14.6 Å². The van der Waals surface area contributed by atoms with Gasteiger partial charge in [-0.15, -0.1) is 0 Å². The predicted octanol–water partition coefficient (Wildman–Crippen LogP) is 4.72. The lowest BCUT2D eigenvalue weighted by Gasteiger charge is -2.07. The van der Waals surface area contributed by atoms with Crippen molar-refractivity contribution in [1.82, 2.24) is 0 Å². The average Bonchev–Trinajstić information content (AvgIpc) is 2.68. The fourth-order valence-corrected chi connectivity index (χ4v) is 2.35. The van der Waals surface area contributed by atoms with Crippen LogP contribution < -0.4 is 4.74 Å². The van der Waals surface area contributed by atoms with Crippen LogP contribution >= 0.6 is 0 Å². The van der Waals surface area contributed by atoms with Gasteiger partial charge in [-0.05, 0) is 30.3 Å². The Labute approximate surface area is 151 Å². The number of methoxy groups -OCH3 is 1. The maximum Gasteiger partial charge on any atom is 0.338 e. The van der Waals surface area contributed by atoms with Gasteiger partial charge in [0.25, 0.3) is 0 Å². The zero-order valence-corrected chi connectivity index (χ0v) is 14.1. The number of ether oxygens (including phenoxy) is 2. The van der Waals surface area contributed by atoms with E-state index in [1.807, 2.05) is 30.3 Å². The van der Waals surface area contributed by atoms with Crippen LogP contribution in [0.1, 0.15) is 15.9 Å². The monoisotopic (exact) mass is 347 g/mol. The summed E-state index contributed by atoms with van der Waals surface area (Å²) in [7, 11) is 1.33. The van der Waals surface area contributed by atoms with Gasteiger partial charge in [0.05, 0.1) is 12.7 Å². The fraction of sp³-hybridized carbons (Fsp3) is 0.0476. The fourth-order valence-electron chi connectivity index (χ4n) is 2.35. The molecule has 3 rings (SSSR count). The molecule has 1 N–H and O–H groups in total. The Kier molecular flexibility index (Phi) is 5.29. The minimum atomic E-state index is -0.442. The van der Waals surface area contributed by atoms with Gasteiger partial charge in [-0.25, -0.2) is 4.79 Å². The maximum atomic E-state index is 11.8. The van der Waals surface area contributed by atoms with Crippen LogP contribution in [-0.2, 0) is 4.74 Å². The minimum Gasteiger partial charge on any atom is -0.506 e. The molecule has 0 aromatic heterocycles. The highest BCUT2D eigenvalue weighted by Gasteiger charge is 2.09. The summed E-state index contributed by atoms with van der Waals surface area (Å²) < 4.78 is 10.4. The first-order valence-electron chi connectivity index (χ1n) is 7.94. The molecule has 0 fully saturated rings. The summed E-state index contributed by atoms with van der Waals surface area (Å²) in [5.41, 5.74) is 1.37. The van der Waals surface area contributed by atoms with Crippen molar-refractivity contribution in [2.24, 2.45) is 4.99 Å². The first kappa shape index (κ1) is 17.2. The number of nitrogens with zero attached hydrogens (tertiary/aromatic N) is 1. The molecular formula is C21H17NO4. The SMILES string of the molecule is COC(=O)c1ccccc1C=Nc1ccc(Oc2ccccc2)cc1O. The first-order valence-corrected chi connectivity index (χ1v) is 7.94. The smallest absolute Gasteiger partial charge is 0.338 e. The zero-order chi connectivity index (χ0) is 18.4. The highest BCUT2D eigenvalue weighted by atomic mass is 16.5. The van der Waals surface area contributed by atoms with Crippen molar-refractivity contribution in [2.45, 2.75) is 0 Å². The van der Waals surface area contributed by atoms with Crippen LogP contribution in [0.3, 0.4) is 0 Å². The molecule has 0 bridgehead atoms. The van der Waals surface area contributed by atoms with Crippen LogP contribution in [0.2, 0.25) is 0 Å². The summed E-state index contributed by atoms with van der Waals surface area (Å²) in [6.45, 7) is 0. The van der Waals surface area contributed by atoms with Crippen molar-refractivity contribution in [1.29, 1.82) is 0 Å². The van der Waals surface area contributed by atoms with E-state index in [0.717, 1.165) is 0 Å². The molecule has 3 aromatic carbocycles.